The summed E-state index contributed by atoms with van der Waals surface area (Å²) in [6.07, 6.45) is -0.445. The number of aliphatic hydroxyl groups excluding tert-OH is 1. The van der Waals surface area contributed by atoms with E-state index in [0.717, 1.165) is 24.2 Å². The van der Waals surface area contributed by atoms with Crippen molar-refractivity contribution in [2.24, 2.45) is 5.92 Å². The first kappa shape index (κ1) is 24.1. The van der Waals surface area contributed by atoms with E-state index in [1.54, 1.807) is 18.5 Å². The van der Waals surface area contributed by atoms with Crippen LogP contribution < -0.4 is 10.6 Å². The van der Waals surface area contributed by atoms with Crippen LogP contribution in [0.15, 0.2) is 42.9 Å². The molecule has 30 heavy (non-hydrogen) atoms. The van der Waals surface area contributed by atoms with Gasteiger partial charge in [-0.1, -0.05) is 0 Å². The normalized spacial score (nSPS) is 18.5. The smallest absolute Gasteiger partial charge is 0.396 e. The molecule has 3 aromatic rings. The van der Waals surface area contributed by atoms with Crippen molar-refractivity contribution in [2.45, 2.75) is 12.2 Å². The van der Waals surface area contributed by atoms with E-state index in [2.05, 4.69) is 25.6 Å². The summed E-state index contributed by atoms with van der Waals surface area (Å²) in [7, 11) is 0. The highest BCUT2D eigenvalue weighted by atomic mass is 35.5. The van der Waals surface area contributed by atoms with Crippen LogP contribution in [0.4, 0.5) is 19.0 Å². The van der Waals surface area contributed by atoms with Crippen molar-refractivity contribution in [1.82, 2.24) is 20.3 Å². The van der Waals surface area contributed by atoms with E-state index < -0.39 is 11.7 Å². The van der Waals surface area contributed by atoms with Crippen LogP contribution in [0.2, 0.25) is 0 Å². The minimum absolute atomic E-state index is 0. The molecule has 1 aliphatic heterocycles. The number of rotatable bonds is 4. The number of hydrogen-bond acceptors (Lipinski definition) is 6. The number of hydrogen-bond donors (Lipinski definition) is 3. The fourth-order valence-electron chi connectivity index (χ4n) is 3.36. The molecule has 0 saturated carbocycles. The van der Waals surface area contributed by atoms with Crippen molar-refractivity contribution in [3.05, 3.63) is 48.4 Å². The maximum absolute atomic E-state index is 12.8. The van der Waals surface area contributed by atoms with Crippen LogP contribution in [0.5, 0.6) is 0 Å². The van der Waals surface area contributed by atoms with Gasteiger partial charge in [0.2, 0.25) is 0 Å². The third kappa shape index (κ3) is 4.75. The largest absolute Gasteiger partial charge is 0.417 e. The summed E-state index contributed by atoms with van der Waals surface area (Å²) < 4.78 is 38.4. The lowest BCUT2D eigenvalue weighted by Gasteiger charge is -2.20. The zero-order valence-electron chi connectivity index (χ0n) is 15.6. The Balaban J connectivity index is 0.00000160. The predicted octanol–water partition coefficient (Wildman–Crippen LogP) is 3.55. The minimum Gasteiger partial charge on any atom is -0.396 e. The van der Waals surface area contributed by atoms with Gasteiger partial charge in [0.15, 0.2) is 0 Å². The molecule has 0 unspecified atom stereocenters. The van der Waals surface area contributed by atoms with Gasteiger partial charge in [0.05, 0.1) is 16.8 Å². The zero-order valence-corrected chi connectivity index (χ0v) is 17.2. The molecule has 4 heterocycles. The Morgan fingerprint density at radius 2 is 1.87 bits per heavy atom. The fraction of sp³-hybridized carbons (Fsp3) is 0.316. The van der Waals surface area contributed by atoms with Gasteiger partial charge >= 0.3 is 6.18 Å². The Kier molecular flexibility index (Phi) is 7.81. The van der Waals surface area contributed by atoms with Gasteiger partial charge in [0.1, 0.15) is 5.82 Å². The third-order valence-corrected chi connectivity index (χ3v) is 4.90. The van der Waals surface area contributed by atoms with E-state index in [1.807, 2.05) is 6.07 Å². The van der Waals surface area contributed by atoms with Crippen LogP contribution in [0.1, 0.15) is 5.56 Å². The van der Waals surface area contributed by atoms with Crippen LogP contribution in [-0.2, 0) is 6.18 Å². The predicted molar refractivity (Wildman–Crippen MR) is 113 cm³/mol. The van der Waals surface area contributed by atoms with Gasteiger partial charge in [-0.05, 0) is 24.3 Å². The summed E-state index contributed by atoms with van der Waals surface area (Å²) in [5, 5.41) is 16.8. The number of pyridine rings is 3. The Hall–Kier alpha value is -2.20. The molecular formula is C19H20Cl2F3N5O. The number of aromatic nitrogens is 3. The van der Waals surface area contributed by atoms with Crippen molar-refractivity contribution in [2.75, 3.05) is 25.0 Å². The van der Waals surface area contributed by atoms with Crippen molar-refractivity contribution < 1.29 is 18.3 Å². The van der Waals surface area contributed by atoms with E-state index >= 15 is 0 Å². The minimum atomic E-state index is -4.43. The standard InChI is InChI=1S/C19H18F3N5O.2ClH/c20-19(21,22)12-3-4-15(25-7-12)14-8-26-18(13-2-1-5-24-17(13)14)27-16-9-23-6-11(16)10-28;;/h1-5,7-8,11,16,23,28H,6,9-10H2,(H,26,27);2*1H/t11-,16+;;/m0../s1. The Bertz CT molecular complexity index is 988. The van der Waals surface area contributed by atoms with Crippen LogP contribution in [0.25, 0.3) is 22.2 Å². The van der Waals surface area contributed by atoms with E-state index in [9.17, 15) is 18.3 Å². The summed E-state index contributed by atoms with van der Waals surface area (Å²) >= 11 is 0. The Morgan fingerprint density at radius 1 is 1.07 bits per heavy atom. The fourth-order valence-corrected chi connectivity index (χ4v) is 3.36. The molecule has 0 radical (unpaired) electrons. The first-order valence-corrected chi connectivity index (χ1v) is 8.83. The second-order valence-electron chi connectivity index (χ2n) is 6.70. The highest BCUT2D eigenvalue weighted by Gasteiger charge is 2.31. The number of alkyl halides is 3. The zero-order chi connectivity index (χ0) is 19.7. The molecule has 0 amide bonds. The lowest BCUT2D eigenvalue weighted by atomic mass is 10.0. The van der Waals surface area contributed by atoms with Crippen molar-refractivity contribution in [3.8, 4) is 11.3 Å². The van der Waals surface area contributed by atoms with Gasteiger partial charge in [0.25, 0.3) is 0 Å². The van der Waals surface area contributed by atoms with E-state index in [4.69, 9.17) is 0 Å². The molecule has 1 fully saturated rings. The van der Waals surface area contributed by atoms with Crippen LogP contribution in [0.3, 0.4) is 0 Å². The lowest BCUT2D eigenvalue weighted by Crippen LogP contribution is -2.30. The number of halogens is 5. The molecule has 6 nitrogen and oxygen atoms in total. The molecule has 3 N–H and O–H groups in total. The number of nitrogens with zero attached hydrogens (tertiary/aromatic N) is 3. The summed E-state index contributed by atoms with van der Waals surface area (Å²) in [5.41, 5.74) is 0.715. The number of nitrogens with one attached hydrogen (secondary N) is 2. The summed E-state index contributed by atoms with van der Waals surface area (Å²) in [6, 6.07) is 5.97. The van der Waals surface area contributed by atoms with Gasteiger partial charge in [-0.25, -0.2) is 4.98 Å². The SMILES string of the molecule is Cl.Cl.OC[C@@H]1CNC[C@H]1Nc1ncc(-c2ccc(C(F)(F)F)cn2)c2ncccc12. The quantitative estimate of drug-likeness (QED) is 0.551. The lowest BCUT2D eigenvalue weighted by molar-refractivity contribution is -0.137. The van der Waals surface area contributed by atoms with Gasteiger partial charge in [0, 0.05) is 61.2 Å². The molecule has 0 bridgehead atoms. The molecule has 0 aromatic carbocycles. The van der Waals surface area contributed by atoms with Gasteiger partial charge < -0.3 is 15.7 Å². The van der Waals surface area contributed by atoms with Gasteiger partial charge in [-0.2, -0.15) is 13.2 Å². The number of fused-ring (bicyclic) bond motifs is 1. The molecule has 0 spiro atoms. The van der Waals surface area contributed by atoms with Gasteiger partial charge in [-0.15, -0.1) is 24.8 Å². The van der Waals surface area contributed by atoms with Gasteiger partial charge in [-0.3, -0.25) is 9.97 Å². The van der Waals surface area contributed by atoms with E-state index in [0.29, 0.717) is 29.1 Å². The Morgan fingerprint density at radius 3 is 2.53 bits per heavy atom. The first-order chi connectivity index (χ1) is 13.5. The Labute approximate surface area is 183 Å². The highest BCUT2D eigenvalue weighted by molar-refractivity contribution is 5.98. The molecule has 11 heteroatoms. The molecule has 1 aliphatic rings. The van der Waals surface area contributed by atoms with E-state index in [-0.39, 0.29) is 43.4 Å². The summed E-state index contributed by atoms with van der Waals surface area (Å²) in [5.74, 6) is 0.690. The maximum Gasteiger partial charge on any atom is 0.417 e. The molecule has 1 saturated heterocycles. The van der Waals surface area contributed by atoms with Crippen molar-refractivity contribution in [1.29, 1.82) is 0 Å². The number of aliphatic hydroxyl groups is 1. The van der Waals surface area contributed by atoms with Crippen LogP contribution in [0, 0.1) is 5.92 Å². The average Bonchev–Trinajstić information content (AvgIpc) is 3.15. The second-order valence-corrected chi connectivity index (χ2v) is 6.70. The average molecular weight is 462 g/mol. The highest BCUT2D eigenvalue weighted by Crippen LogP contribution is 2.32. The maximum atomic E-state index is 12.8. The molecule has 4 rings (SSSR count). The molecule has 162 valence electrons. The second kappa shape index (κ2) is 9.74. The topological polar surface area (TPSA) is 83.0 Å². The monoisotopic (exact) mass is 461 g/mol. The molecule has 3 aromatic heterocycles. The van der Waals surface area contributed by atoms with Crippen LogP contribution in [-0.4, -0.2) is 45.8 Å². The third-order valence-electron chi connectivity index (χ3n) is 4.90. The first-order valence-electron chi connectivity index (χ1n) is 8.83. The van der Waals surface area contributed by atoms with Crippen molar-refractivity contribution in [3.63, 3.8) is 0 Å². The number of anilines is 1. The molecular weight excluding hydrogens is 442 g/mol. The summed E-state index contributed by atoms with van der Waals surface area (Å²) in [4.78, 5) is 12.8. The molecule has 2 atom stereocenters. The summed E-state index contributed by atoms with van der Waals surface area (Å²) in [6.45, 7) is 1.49. The van der Waals surface area contributed by atoms with Crippen molar-refractivity contribution >= 4 is 41.5 Å². The van der Waals surface area contributed by atoms with E-state index in [1.165, 1.54) is 6.07 Å². The van der Waals surface area contributed by atoms with Crippen LogP contribution >= 0.6 is 24.8 Å². The molecule has 0 aliphatic carbocycles.